The number of aromatic carboxylic acids is 2. The molecular formula is C44H68N3O6Si. The van der Waals surface area contributed by atoms with Gasteiger partial charge in [0.25, 0.3) is 0 Å². The maximum Gasteiger partial charge on any atom is 0.410 e. The molecule has 1 fully saturated rings. The number of benzene rings is 2. The second-order valence-electron chi connectivity index (χ2n) is 16.0. The van der Waals surface area contributed by atoms with Crippen molar-refractivity contribution in [2.45, 2.75) is 157 Å². The zero-order valence-electron chi connectivity index (χ0n) is 34.9. The molecule has 4 rings (SSSR count). The molecule has 1 radical (unpaired) electrons. The number of H-pyrrole nitrogens is 1. The summed E-state index contributed by atoms with van der Waals surface area (Å²) in [5.41, 5.74) is 7.93. The van der Waals surface area contributed by atoms with E-state index >= 15 is 0 Å². The highest BCUT2D eigenvalue weighted by atomic mass is 28.3. The lowest BCUT2D eigenvalue weighted by molar-refractivity contribution is 0.0114. The third-order valence-corrected chi connectivity index (χ3v) is 11.7. The molecule has 54 heavy (non-hydrogen) atoms. The number of rotatable bonds is 16. The Labute approximate surface area is 326 Å². The smallest absolute Gasteiger partial charge is 0.410 e. The van der Waals surface area contributed by atoms with Crippen LogP contribution in [-0.2, 0) is 30.4 Å². The van der Waals surface area contributed by atoms with Gasteiger partial charge >= 0.3 is 18.0 Å². The van der Waals surface area contributed by atoms with Crippen molar-refractivity contribution in [1.82, 2.24) is 15.2 Å². The van der Waals surface area contributed by atoms with E-state index in [1.165, 1.54) is 107 Å². The molecule has 1 aliphatic heterocycles. The topological polar surface area (TPSA) is 132 Å². The summed E-state index contributed by atoms with van der Waals surface area (Å²) in [7, 11) is -0.483. The summed E-state index contributed by atoms with van der Waals surface area (Å²) in [5.74, 6) is -2.42. The van der Waals surface area contributed by atoms with Gasteiger partial charge in [0.05, 0.1) is 17.2 Å². The van der Waals surface area contributed by atoms with Crippen LogP contribution in [0.25, 0.3) is 10.9 Å². The van der Waals surface area contributed by atoms with Crippen LogP contribution < -0.4 is 10.6 Å². The maximum atomic E-state index is 12.6. The zero-order chi connectivity index (χ0) is 40.2. The molecule has 10 heteroatoms. The molecule has 1 atom stereocenters. The molecule has 1 saturated heterocycles. The molecule has 0 aliphatic carbocycles. The van der Waals surface area contributed by atoms with E-state index in [-0.39, 0.29) is 16.7 Å². The van der Waals surface area contributed by atoms with Gasteiger partial charge in [-0.25, -0.2) is 14.4 Å². The fourth-order valence-electron chi connectivity index (χ4n) is 7.58. The van der Waals surface area contributed by atoms with Crippen LogP contribution in [0.3, 0.4) is 0 Å². The Bertz CT molecular complexity index is 1720. The van der Waals surface area contributed by atoms with E-state index in [2.05, 4.69) is 57.2 Å². The number of piperazine rings is 1. The summed E-state index contributed by atoms with van der Waals surface area (Å²) >= 11 is 0. The van der Waals surface area contributed by atoms with Crippen LogP contribution in [0.15, 0.2) is 18.2 Å². The lowest BCUT2D eigenvalue weighted by atomic mass is 9.87. The Morgan fingerprint density at radius 3 is 1.96 bits per heavy atom. The quantitative estimate of drug-likeness (QED) is 0.107. The lowest BCUT2D eigenvalue weighted by Crippen LogP contribution is -2.50. The number of aromatic nitrogens is 1. The summed E-state index contributed by atoms with van der Waals surface area (Å²) in [4.78, 5) is 41.1. The number of carboxylic acids is 2. The molecule has 9 nitrogen and oxygen atoms in total. The molecule has 1 unspecified atom stereocenters. The molecule has 2 aromatic carbocycles. The number of nitrogens with one attached hydrogen (secondary N) is 2. The average molecular weight is 763 g/mol. The minimum absolute atomic E-state index is 0.0706. The van der Waals surface area contributed by atoms with Crippen LogP contribution in [0.2, 0.25) is 13.1 Å². The van der Waals surface area contributed by atoms with Crippen molar-refractivity contribution < 1.29 is 29.3 Å². The van der Waals surface area contributed by atoms with Gasteiger partial charge in [0, 0.05) is 35.9 Å². The molecule has 2 heterocycles. The number of aryl methyl sites for hydroxylation is 3. The number of unbranched alkanes of at least 4 members (excludes halogenated alkanes) is 4. The second-order valence-corrected chi connectivity index (χ2v) is 18.5. The third kappa shape index (κ3) is 11.4. The maximum absolute atomic E-state index is 12.6. The first-order valence-corrected chi connectivity index (χ1v) is 22.9. The first kappa shape index (κ1) is 44.8. The van der Waals surface area contributed by atoms with Crippen LogP contribution in [0, 0.1) is 6.92 Å². The normalized spacial score (nSPS) is 14.6. The van der Waals surface area contributed by atoms with Crippen molar-refractivity contribution in [3.8, 4) is 0 Å². The molecular weight excluding hydrogens is 695 g/mol. The van der Waals surface area contributed by atoms with Gasteiger partial charge in [-0.2, -0.15) is 0 Å². The van der Waals surface area contributed by atoms with Gasteiger partial charge in [-0.3, -0.25) is 4.90 Å². The van der Waals surface area contributed by atoms with Crippen LogP contribution in [0.5, 0.6) is 0 Å². The number of amides is 1. The fourth-order valence-corrected chi connectivity index (χ4v) is 8.82. The molecule has 1 aliphatic rings. The van der Waals surface area contributed by atoms with E-state index in [4.69, 9.17) is 4.74 Å². The molecule has 3 aromatic rings. The van der Waals surface area contributed by atoms with Crippen molar-refractivity contribution in [3.05, 3.63) is 62.7 Å². The van der Waals surface area contributed by atoms with E-state index in [1.54, 1.807) is 53.7 Å². The Kier molecular flexibility index (Phi) is 17.3. The van der Waals surface area contributed by atoms with Crippen molar-refractivity contribution in [2.24, 2.45) is 0 Å². The first-order chi connectivity index (χ1) is 25.6. The van der Waals surface area contributed by atoms with Gasteiger partial charge in [-0.05, 0) is 125 Å². The van der Waals surface area contributed by atoms with Crippen molar-refractivity contribution in [1.29, 1.82) is 0 Å². The summed E-state index contributed by atoms with van der Waals surface area (Å²) in [5, 5.41) is 25.3. The second kappa shape index (κ2) is 20.9. The van der Waals surface area contributed by atoms with Crippen molar-refractivity contribution in [2.75, 3.05) is 19.6 Å². The van der Waals surface area contributed by atoms with Crippen molar-refractivity contribution >= 4 is 43.0 Å². The fraction of sp³-hybridized carbons (Fsp3) is 0.614. The van der Waals surface area contributed by atoms with E-state index in [0.29, 0.717) is 25.2 Å². The highest BCUT2D eigenvalue weighted by molar-refractivity contribution is 6.70. The minimum atomic E-state index is -1.23. The Hall–Kier alpha value is -3.63. The Balaban J connectivity index is 0.000000291. The number of aromatic amines is 1. The predicted octanol–water partition coefficient (Wildman–Crippen LogP) is 9.77. The first-order valence-electron chi connectivity index (χ1n) is 20.4. The molecule has 0 spiro atoms. The molecule has 299 valence electrons. The number of carboxylic acid groups (broad SMARTS) is 2. The minimum Gasteiger partial charge on any atom is -0.478 e. The number of carbonyl (C=O) groups excluding carboxylic acids is 1. The Morgan fingerprint density at radius 1 is 0.852 bits per heavy atom. The van der Waals surface area contributed by atoms with E-state index in [9.17, 15) is 24.6 Å². The molecule has 4 N–H and O–H groups in total. The predicted molar refractivity (Wildman–Crippen MR) is 224 cm³/mol. The number of nitrogens with zero attached hydrogens (tertiary/aromatic N) is 1. The molecule has 0 saturated carbocycles. The van der Waals surface area contributed by atoms with Gasteiger partial charge in [0.1, 0.15) is 14.4 Å². The van der Waals surface area contributed by atoms with Gasteiger partial charge < -0.3 is 25.3 Å². The van der Waals surface area contributed by atoms with E-state index < -0.39 is 38.5 Å². The van der Waals surface area contributed by atoms with Gasteiger partial charge in [-0.1, -0.05) is 72.5 Å². The number of carbonyl (C=O) groups is 3. The zero-order valence-corrected chi connectivity index (χ0v) is 35.9. The van der Waals surface area contributed by atoms with Crippen molar-refractivity contribution in [3.63, 3.8) is 0 Å². The van der Waals surface area contributed by atoms with Crippen LogP contribution in [-0.4, -0.2) is 72.2 Å². The highest BCUT2D eigenvalue weighted by Gasteiger charge is 2.35. The van der Waals surface area contributed by atoms with E-state index in [0.717, 1.165) is 0 Å². The van der Waals surface area contributed by atoms with E-state index in [1.807, 2.05) is 0 Å². The summed E-state index contributed by atoms with van der Waals surface area (Å²) in [6.45, 7) is 22.2. The molecule has 1 amide bonds. The van der Waals surface area contributed by atoms with Gasteiger partial charge in [-0.15, -0.1) is 0 Å². The number of hydrogen-bond acceptors (Lipinski definition) is 5. The van der Waals surface area contributed by atoms with Crippen LogP contribution in [0.4, 0.5) is 4.79 Å². The van der Waals surface area contributed by atoms with Crippen LogP contribution >= 0.6 is 0 Å². The number of fused-ring (bicyclic) bond motifs is 1. The molecule has 0 bridgehead atoms. The largest absolute Gasteiger partial charge is 0.478 e. The van der Waals surface area contributed by atoms with Gasteiger partial charge in [0.15, 0.2) is 0 Å². The van der Waals surface area contributed by atoms with Gasteiger partial charge in [0.2, 0.25) is 0 Å². The SMILES string of the molecule is CCCCc1cc2[nH]c([Si](C)C)c(CCCC)c2c(CCCC)c1CCCC.Cc1c(C(=O)O)ccc(C2CNCCN2C(=O)OC(C)(C)C)c1C(=O)O. The number of ether oxygens (including phenoxy) is 1. The van der Waals surface area contributed by atoms with Crippen LogP contribution in [0.1, 0.15) is 160 Å². The summed E-state index contributed by atoms with van der Waals surface area (Å²) in [6, 6.07) is 4.83. The Morgan fingerprint density at radius 2 is 1.43 bits per heavy atom. The lowest BCUT2D eigenvalue weighted by Gasteiger charge is -2.38. The highest BCUT2D eigenvalue weighted by Crippen LogP contribution is 2.33. The standard InChI is InChI=1S/C26H44NSi.C18H24N2O6/c1-7-11-15-20-19-24-25(22(17-13-9-3)21(20)16-12-8-2)23(18-14-10-4)26(27-24)28(5)6;1-10-11(15(21)22)5-6-12(14(10)16(23)24)13-9-19-7-8-20(13)17(25)26-18(2,3)4/h19,27H,7-18H2,1-6H3;5-6,13,19H,7-9H2,1-4H3,(H,21,22)(H,23,24). The summed E-state index contributed by atoms with van der Waals surface area (Å²) in [6.07, 6.45) is 14.9. The molecule has 1 aromatic heterocycles. The summed E-state index contributed by atoms with van der Waals surface area (Å²) < 4.78 is 5.44. The average Bonchev–Trinajstić information content (AvgIpc) is 3.48. The third-order valence-electron chi connectivity index (χ3n) is 10.3. The monoisotopic (exact) mass is 762 g/mol. The number of hydrogen-bond donors (Lipinski definition) is 4.